The highest BCUT2D eigenvalue weighted by Crippen LogP contribution is 2.45. The molecule has 0 aliphatic carbocycles. The Kier molecular flexibility index (Phi) is 67.8. The van der Waals surface area contributed by atoms with Gasteiger partial charge in [0.25, 0.3) is 0 Å². The molecular formula is C80H156O17P2. The van der Waals surface area contributed by atoms with E-state index in [1.807, 2.05) is 0 Å². The SMILES string of the molecule is CCC(C)CCCCCCCCCCCCC(=O)O[C@H](COC(=O)CCCCCCCCCCCCCCCCCCCCC(C)C)COP(=O)(O)OC[C@@H](O)COP(=O)(O)OC[C@@H](COC(=O)CCCCCCCCC(C)C)OC(=O)CCCCCCCCCCCCCCC(C)C. The summed E-state index contributed by atoms with van der Waals surface area (Å²) >= 11 is 0. The van der Waals surface area contributed by atoms with Crippen molar-refractivity contribution in [1.29, 1.82) is 0 Å². The number of carbonyl (C=O) groups is 4. The third-order valence-electron chi connectivity index (χ3n) is 18.9. The van der Waals surface area contributed by atoms with Gasteiger partial charge in [0.15, 0.2) is 12.2 Å². The summed E-state index contributed by atoms with van der Waals surface area (Å²) < 4.78 is 68.6. The number of aliphatic hydroxyl groups excluding tert-OH is 1. The molecule has 0 aromatic carbocycles. The van der Waals surface area contributed by atoms with Gasteiger partial charge >= 0.3 is 39.5 Å². The zero-order valence-corrected chi connectivity index (χ0v) is 66.9. The average Bonchev–Trinajstić information content (AvgIpc) is 1.04. The maximum absolute atomic E-state index is 13.1. The molecule has 17 nitrogen and oxygen atoms in total. The number of esters is 4. The van der Waals surface area contributed by atoms with E-state index in [1.165, 1.54) is 205 Å². The Morgan fingerprint density at radius 1 is 0.283 bits per heavy atom. The van der Waals surface area contributed by atoms with Gasteiger partial charge in [0.2, 0.25) is 0 Å². The minimum Gasteiger partial charge on any atom is -0.462 e. The molecule has 0 amide bonds. The number of ether oxygens (including phenoxy) is 4. The first-order chi connectivity index (χ1) is 47.6. The fraction of sp³-hybridized carbons (Fsp3) is 0.950. The number of phosphoric ester groups is 2. The summed E-state index contributed by atoms with van der Waals surface area (Å²) in [6.07, 6.45) is 55.7. The van der Waals surface area contributed by atoms with E-state index in [9.17, 15) is 43.2 Å². The zero-order valence-electron chi connectivity index (χ0n) is 65.1. The second-order valence-electron chi connectivity index (χ2n) is 30.5. The molecule has 6 atom stereocenters. The Bertz CT molecular complexity index is 1940. The molecular weight excluding hydrogens is 1290 g/mol. The first-order valence-electron chi connectivity index (χ1n) is 41.2. The molecule has 0 saturated carbocycles. The summed E-state index contributed by atoms with van der Waals surface area (Å²) in [5, 5.41) is 10.6. The van der Waals surface area contributed by atoms with Crippen molar-refractivity contribution in [3.8, 4) is 0 Å². The Hall–Kier alpha value is -1.94. The van der Waals surface area contributed by atoms with Gasteiger partial charge in [-0.3, -0.25) is 37.3 Å². The number of hydrogen-bond acceptors (Lipinski definition) is 15. The number of rotatable bonds is 77. The summed E-state index contributed by atoms with van der Waals surface area (Å²) in [5.74, 6) is 0.964. The summed E-state index contributed by atoms with van der Waals surface area (Å²) in [6.45, 7) is 14.2. The largest absolute Gasteiger partial charge is 0.472 e. The van der Waals surface area contributed by atoms with Gasteiger partial charge in [0.1, 0.15) is 19.3 Å². The fourth-order valence-corrected chi connectivity index (χ4v) is 13.8. The maximum Gasteiger partial charge on any atom is 0.472 e. The van der Waals surface area contributed by atoms with E-state index in [1.54, 1.807) is 0 Å². The van der Waals surface area contributed by atoms with Gasteiger partial charge in [0.05, 0.1) is 26.4 Å². The van der Waals surface area contributed by atoms with Crippen LogP contribution in [0.1, 0.15) is 409 Å². The van der Waals surface area contributed by atoms with Gasteiger partial charge < -0.3 is 33.8 Å². The summed E-state index contributed by atoms with van der Waals surface area (Å²) in [4.78, 5) is 72.9. The normalized spacial score (nSPS) is 14.3. The predicted octanol–water partition coefficient (Wildman–Crippen LogP) is 23.6. The molecule has 588 valence electrons. The predicted molar refractivity (Wildman–Crippen MR) is 404 cm³/mol. The lowest BCUT2D eigenvalue weighted by Gasteiger charge is -2.21. The van der Waals surface area contributed by atoms with E-state index in [0.717, 1.165) is 114 Å². The molecule has 0 aliphatic heterocycles. The molecule has 0 saturated heterocycles. The van der Waals surface area contributed by atoms with Gasteiger partial charge in [-0.2, -0.15) is 0 Å². The van der Waals surface area contributed by atoms with Crippen LogP contribution in [-0.4, -0.2) is 96.7 Å². The van der Waals surface area contributed by atoms with Crippen LogP contribution in [0.4, 0.5) is 0 Å². The van der Waals surface area contributed by atoms with Crippen LogP contribution in [0.5, 0.6) is 0 Å². The number of hydrogen-bond donors (Lipinski definition) is 3. The second kappa shape index (κ2) is 69.1. The highest BCUT2D eigenvalue weighted by molar-refractivity contribution is 7.47. The number of phosphoric acid groups is 2. The minimum atomic E-state index is -4.96. The summed E-state index contributed by atoms with van der Waals surface area (Å²) in [6, 6.07) is 0. The van der Waals surface area contributed by atoms with Crippen molar-refractivity contribution >= 4 is 39.5 Å². The van der Waals surface area contributed by atoms with Crippen LogP contribution >= 0.6 is 15.6 Å². The van der Waals surface area contributed by atoms with Crippen molar-refractivity contribution in [2.45, 2.75) is 427 Å². The molecule has 0 aromatic rings. The van der Waals surface area contributed by atoms with Crippen molar-refractivity contribution in [2.75, 3.05) is 39.6 Å². The lowest BCUT2D eigenvalue weighted by atomic mass is 9.99. The monoisotopic (exact) mass is 1450 g/mol. The third kappa shape index (κ3) is 72.8. The van der Waals surface area contributed by atoms with Crippen LogP contribution in [0.2, 0.25) is 0 Å². The molecule has 0 aliphatic rings. The van der Waals surface area contributed by atoms with E-state index in [-0.39, 0.29) is 25.7 Å². The molecule has 0 heterocycles. The van der Waals surface area contributed by atoms with Gasteiger partial charge in [-0.15, -0.1) is 0 Å². The van der Waals surface area contributed by atoms with Gasteiger partial charge in [-0.1, -0.05) is 357 Å². The van der Waals surface area contributed by atoms with Crippen LogP contribution in [0.3, 0.4) is 0 Å². The van der Waals surface area contributed by atoms with E-state index in [0.29, 0.717) is 31.6 Å². The second-order valence-corrected chi connectivity index (χ2v) is 33.4. The molecule has 0 bridgehead atoms. The molecule has 0 spiro atoms. The minimum absolute atomic E-state index is 0.105. The van der Waals surface area contributed by atoms with Gasteiger partial charge in [0, 0.05) is 25.7 Å². The highest BCUT2D eigenvalue weighted by Gasteiger charge is 2.30. The smallest absolute Gasteiger partial charge is 0.462 e. The molecule has 3 unspecified atom stereocenters. The van der Waals surface area contributed by atoms with Crippen LogP contribution in [0.15, 0.2) is 0 Å². The van der Waals surface area contributed by atoms with E-state index < -0.39 is 97.5 Å². The van der Waals surface area contributed by atoms with Crippen molar-refractivity contribution in [2.24, 2.45) is 23.7 Å². The molecule has 0 radical (unpaired) electrons. The van der Waals surface area contributed by atoms with Crippen LogP contribution < -0.4 is 0 Å². The summed E-state index contributed by atoms with van der Waals surface area (Å²) in [5.41, 5.74) is 0. The van der Waals surface area contributed by atoms with Crippen LogP contribution in [0, 0.1) is 23.7 Å². The third-order valence-corrected chi connectivity index (χ3v) is 20.8. The standard InChI is InChI=1S/C80H156O17P2/c1-9-73(8)59-51-43-34-28-24-25-31-37-47-55-63-80(85)96-75(66-90-77(82)60-52-44-35-29-22-17-15-13-11-10-12-14-16-20-26-32-40-48-56-70(2)3)68-94-98(86,87)92-64-74(81)65-93-99(88,89)95-69-76(67-91-78(83)61-53-45-39-38-42-50-58-72(6)7)97-79(84)62-54-46-36-30-23-19-18-21-27-33-41-49-57-71(4)5/h70-76,81H,9-69H2,1-8H3,(H,86,87)(H,88,89)/t73?,74-,75-,76-/m1/s1. The molecule has 99 heavy (non-hydrogen) atoms. The van der Waals surface area contributed by atoms with Crippen molar-refractivity contribution in [3.05, 3.63) is 0 Å². The molecule has 0 fully saturated rings. The number of carbonyl (C=O) groups excluding carboxylic acids is 4. The van der Waals surface area contributed by atoms with E-state index >= 15 is 0 Å². The lowest BCUT2D eigenvalue weighted by Crippen LogP contribution is -2.30. The van der Waals surface area contributed by atoms with E-state index in [4.69, 9.17) is 37.0 Å². The molecule has 0 rings (SSSR count). The molecule has 19 heteroatoms. The van der Waals surface area contributed by atoms with Gasteiger partial charge in [-0.25, -0.2) is 9.13 Å². The number of unbranched alkanes of at least 4 members (excludes halogenated alkanes) is 42. The Balaban J connectivity index is 5.19. The maximum atomic E-state index is 13.1. The van der Waals surface area contributed by atoms with E-state index in [2.05, 4.69) is 55.4 Å². The van der Waals surface area contributed by atoms with Crippen molar-refractivity contribution in [3.63, 3.8) is 0 Å². The first kappa shape index (κ1) is 97.1. The van der Waals surface area contributed by atoms with Crippen LogP contribution in [0.25, 0.3) is 0 Å². The topological polar surface area (TPSA) is 237 Å². The Morgan fingerprint density at radius 2 is 0.485 bits per heavy atom. The first-order valence-corrected chi connectivity index (χ1v) is 44.2. The lowest BCUT2D eigenvalue weighted by molar-refractivity contribution is -0.161. The van der Waals surface area contributed by atoms with Crippen molar-refractivity contribution < 1.29 is 80.2 Å². The van der Waals surface area contributed by atoms with Crippen molar-refractivity contribution in [1.82, 2.24) is 0 Å². The fourth-order valence-electron chi connectivity index (χ4n) is 12.2. The Labute approximate surface area is 607 Å². The molecule has 3 N–H and O–H groups in total. The Morgan fingerprint density at radius 3 is 0.717 bits per heavy atom. The van der Waals surface area contributed by atoms with Crippen LogP contribution in [-0.2, 0) is 65.4 Å². The number of aliphatic hydroxyl groups is 1. The highest BCUT2D eigenvalue weighted by atomic mass is 31.2. The summed E-state index contributed by atoms with van der Waals surface area (Å²) in [7, 11) is -9.92. The molecule has 0 aromatic heterocycles. The van der Waals surface area contributed by atoms with Gasteiger partial charge in [-0.05, 0) is 49.4 Å². The average molecular weight is 1450 g/mol. The zero-order chi connectivity index (χ0) is 73.1. The quantitative estimate of drug-likeness (QED) is 0.0222.